The molecule has 1 rings (SSSR count). The van der Waals surface area contributed by atoms with E-state index in [-0.39, 0.29) is 11.9 Å². The average Bonchev–Trinajstić information content (AvgIpc) is 2.76. The Morgan fingerprint density at radius 3 is 3.13 bits per heavy atom. The lowest BCUT2D eigenvalue weighted by atomic mass is 10.2. The fraction of sp³-hybridized carbons (Fsp3) is 0.364. The molecule has 1 amide bonds. The SMILES string of the molecule is C=CCNC(=O)CN[C@@H](C)c1ccsc1. The Labute approximate surface area is 94.2 Å². The van der Waals surface area contributed by atoms with E-state index in [1.807, 2.05) is 12.3 Å². The van der Waals surface area contributed by atoms with E-state index in [1.54, 1.807) is 17.4 Å². The Hall–Kier alpha value is -1.13. The quantitative estimate of drug-likeness (QED) is 0.722. The van der Waals surface area contributed by atoms with Gasteiger partial charge >= 0.3 is 0 Å². The third kappa shape index (κ3) is 4.27. The van der Waals surface area contributed by atoms with Crippen molar-refractivity contribution in [2.45, 2.75) is 13.0 Å². The van der Waals surface area contributed by atoms with E-state index in [2.05, 4.69) is 28.7 Å². The van der Waals surface area contributed by atoms with Crippen molar-refractivity contribution in [2.24, 2.45) is 0 Å². The molecule has 0 aromatic carbocycles. The highest BCUT2D eigenvalue weighted by Crippen LogP contribution is 2.14. The normalized spacial score (nSPS) is 12.1. The molecule has 1 aromatic rings. The number of carbonyl (C=O) groups excluding carboxylic acids is 1. The smallest absolute Gasteiger partial charge is 0.234 e. The van der Waals surface area contributed by atoms with Gasteiger partial charge in [0.05, 0.1) is 6.54 Å². The van der Waals surface area contributed by atoms with Crippen molar-refractivity contribution in [2.75, 3.05) is 13.1 Å². The van der Waals surface area contributed by atoms with Gasteiger partial charge in [0, 0.05) is 12.6 Å². The first-order chi connectivity index (χ1) is 7.24. The maximum atomic E-state index is 11.3. The molecule has 0 fully saturated rings. The van der Waals surface area contributed by atoms with Crippen molar-refractivity contribution >= 4 is 17.2 Å². The molecular formula is C11H16N2OS. The minimum Gasteiger partial charge on any atom is -0.352 e. The first kappa shape index (κ1) is 11.9. The van der Waals surface area contributed by atoms with E-state index in [0.29, 0.717) is 13.1 Å². The molecule has 0 unspecified atom stereocenters. The zero-order chi connectivity index (χ0) is 11.1. The fourth-order valence-corrected chi connectivity index (χ4v) is 1.89. The summed E-state index contributed by atoms with van der Waals surface area (Å²) in [4.78, 5) is 11.3. The zero-order valence-electron chi connectivity index (χ0n) is 8.82. The number of hydrogen-bond donors (Lipinski definition) is 2. The van der Waals surface area contributed by atoms with Gasteiger partial charge in [0.1, 0.15) is 0 Å². The number of amides is 1. The molecule has 1 heterocycles. The molecule has 0 bridgehead atoms. The van der Waals surface area contributed by atoms with Crippen molar-refractivity contribution in [3.8, 4) is 0 Å². The Morgan fingerprint density at radius 2 is 2.53 bits per heavy atom. The molecule has 0 spiro atoms. The van der Waals surface area contributed by atoms with Crippen molar-refractivity contribution in [3.05, 3.63) is 35.0 Å². The fourth-order valence-electron chi connectivity index (χ4n) is 1.13. The van der Waals surface area contributed by atoms with Gasteiger partial charge < -0.3 is 10.6 Å². The van der Waals surface area contributed by atoms with E-state index in [4.69, 9.17) is 0 Å². The van der Waals surface area contributed by atoms with Gasteiger partial charge in [-0.25, -0.2) is 0 Å². The van der Waals surface area contributed by atoms with Crippen molar-refractivity contribution in [1.29, 1.82) is 0 Å². The van der Waals surface area contributed by atoms with Crippen LogP contribution in [0.5, 0.6) is 0 Å². The van der Waals surface area contributed by atoms with Crippen molar-refractivity contribution in [3.63, 3.8) is 0 Å². The number of nitrogens with one attached hydrogen (secondary N) is 2. The minimum absolute atomic E-state index is 0.00280. The Bertz CT molecular complexity index is 308. The Kier molecular flexibility index (Phi) is 5.07. The van der Waals surface area contributed by atoms with Crippen LogP contribution in [0.2, 0.25) is 0 Å². The lowest BCUT2D eigenvalue weighted by molar-refractivity contribution is -0.120. The highest BCUT2D eigenvalue weighted by atomic mass is 32.1. The van der Waals surface area contributed by atoms with E-state index in [1.165, 1.54) is 5.56 Å². The molecule has 0 radical (unpaired) electrons. The van der Waals surface area contributed by atoms with Gasteiger partial charge in [-0.05, 0) is 29.3 Å². The van der Waals surface area contributed by atoms with Gasteiger partial charge in [-0.2, -0.15) is 11.3 Å². The summed E-state index contributed by atoms with van der Waals surface area (Å²) in [6, 6.07) is 2.27. The predicted molar refractivity (Wildman–Crippen MR) is 63.9 cm³/mol. The van der Waals surface area contributed by atoms with Crippen LogP contribution in [0.1, 0.15) is 18.5 Å². The minimum atomic E-state index is -0.00280. The number of hydrogen-bond acceptors (Lipinski definition) is 3. The summed E-state index contributed by atoms with van der Waals surface area (Å²) in [6.07, 6.45) is 1.67. The summed E-state index contributed by atoms with van der Waals surface area (Å²) < 4.78 is 0. The lowest BCUT2D eigenvalue weighted by Crippen LogP contribution is -2.34. The Morgan fingerprint density at radius 1 is 1.73 bits per heavy atom. The molecule has 4 heteroatoms. The zero-order valence-corrected chi connectivity index (χ0v) is 9.64. The summed E-state index contributed by atoms with van der Waals surface area (Å²) >= 11 is 1.66. The van der Waals surface area contributed by atoms with Gasteiger partial charge in [0.15, 0.2) is 0 Å². The largest absolute Gasteiger partial charge is 0.352 e. The standard InChI is InChI=1S/C11H16N2OS/c1-3-5-12-11(14)7-13-9(2)10-4-6-15-8-10/h3-4,6,8-9,13H,1,5,7H2,2H3,(H,12,14)/t9-/m0/s1. The monoisotopic (exact) mass is 224 g/mol. The van der Waals surface area contributed by atoms with Crippen LogP contribution in [0, 0.1) is 0 Å². The third-order valence-corrected chi connectivity index (χ3v) is 2.76. The van der Waals surface area contributed by atoms with Gasteiger partial charge in [-0.3, -0.25) is 4.79 Å². The van der Waals surface area contributed by atoms with Gasteiger partial charge in [0.25, 0.3) is 0 Å². The van der Waals surface area contributed by atoms with Crippen LogP contribution in [0.25, 0.3) is 0 Å². The van der Waals surface area contributed by atoms with Crippen molar-refractivity contribution in [1.82, 2.24) is 10.6 Å². The summed E-state index contributed by atoms with van der Waals surface area (Å²) in [5.41, 5.74) is 1.22. The van der Waals surface area contributed by atoms with Gasteiger partial charge in [-0.1, -0.05) is 6.08 Å². The van der Waals surface area contributed by atoms with Gasteiger partial charge in [0.2, 0.25) is 5.91 Å². The molecule has 1 atom stereocenters. The van der Waals surface area contributed by atoms with Crippen LogP contribution < -0.4 is 10.6 Å². The van der Waals surface area contributed by atoms with Crippen molar-refractivity contribution < 1.29 is 4.79 Å². The highest BCUT2D eigenvalue weighted by Gasteiger charge is 2.06. The van der Waals surface area contributed by atoms with Crippen LogP contribution in [0.15, 0.2) is 29.5 Å². The molecule has 15 heavy (non-hydrogen) atoms. The lowest BCUT2D eigenvalue weighted by Gasteiger charge is -2.11. The maximum absolute atomic E-state index is 11.3. The predicted octanol–water partition coefficient (Wildman–Crippen LogP) is 1.70. The molecule has 0 aliphatic carbocycles. The number of carbonyl (C=O) groups is 1. The van der Waals surface area contributed by atoms with E-state index in [0.717, 1.165) is 0 Å². The molecule has 3 nitrogen and oxygen atoms in total. The van der Waals surface area contributed by atoms with E-state index >= 15 is 0 Å². The number of rotatable bonds is 6. The second-order valence-electron chi connectivity index (χ2n) is 3.25. The highest BCUT2D eigenvalue weighted by molar-refractivity contribution is 7.07. The summed E-state index contributed by atoms with van der Waals surface area (Å²) in [6.45, 7) is 6.44. The Balaban J connectivity index is 2.25. The molecular weight excluding hydrogens is 208 g/mol. The first-order valence-electron chi connectivity index (χ1n) is 4.87. The topological polar surface area (TPSA) is 41.1 Å². The van der Waals surface area contributed by atoms with Crippen LogP contribution in [-0.2, 0) is 4.79 Å². The van der Waals surface area contributed by atoms with Gasteiger partial charge in [-0.15, -0.1) is 6.58 Å². The molecule has 1 aromatic heterocycles. The molecule has 0 aliphatic heterocycles. The van der Waals surface area contributed by atoms with Crippen LogP contribution in [-0.4, -0.2) is 19.0 Å². The second kappa shape index (κ2) is 6.37. The van der Waals surface area contributed by atoms with E-state index in [9.17, 15) is 4.79 Å². The molecule has 82 valence electrons. The second-order valence-corrected chi connectivity index (χ2v) is 4.03. The average molecular weight is 224 g/mol. The maximum Gasteiger partial charge on any atom is 0.234 e. The number of thiophene rings is 1. The summed E-state index contributed by atoms with van der Waals surface area (Å²) in [5.74, 6) is -0.00280. The molecule has 2 N–H and O–H groups in total. The summed E-state index contributed by atoms with van der Waals surface area (Å²) in [7, 11) is 0. The first-order valence-corrected chi connectivity index (χ1v) is 5.81. The van der Waals surface area contributed by atoms with Crippen LogP contribution in [0.3, 0.4) is 0 Å². The van der Waals surface area contributed by atoms with Crippen LogP contribution in [0.4, 0.5) is 0 Å². The van der Waals surface area contributed by atoms with Crippen LogP contribution >= 0.6 is 11.3 Å². The van der Waals surface area contributed by atoms with E-state index < -0.39 is 0 Å². The molecule has 0 saturated heterocycles. The molecule has 0 saturated carbocycles. The summed E-state index contributed by atoms with van der Waals surface area (Å²) in [5, 5.41) is 9.99. The molecule has 0 aliphatic rings. The third-order valence-electron chi connectivity index (χ3n) is 2.06.